The van der Waals surface area contributed by atoms with Gasteiger partial charge >= 0.3 is 0 Å². The van der Waals surface area contributed by atoms with Gasteiger partial charge in [0.1, 0.15) is 5.82 Å². The molecule has 1 heterocycles. The summed E-state index contributed by atoms with van der Waals surface area (Å²) in [7, 11) is 0. The average Bonchev–Trinajstić information content (AvgIpc) is 3.03. The number of aromatic nitrogens is 2. The van der Waals surface area contributed by atoms with Crippen LogP contribution >= 0.6 is 11.8 Å². The van der Waals surface area contributed by atoms with Crippen molar-refractivity contribution < 1.29 is 13.6 Å². The van der Waals surface area contributed by atoms with Crippen molar-refractivity contribution in [3.63, 3.8) is 0 Å². The topological polar surface area (TPSA) is 56.0 Å². The first-order chi connectivity index (χ1) is 10.7. The molecule has 0 radical (unpaired) electrons. The Morgan fingerprint density at radius 2 is 2.00 bits per heavy atom. The van der Waals surface area contributed by atoms with Gasteiger partial charge in [-0.3, -0.25) is 4.79 Å². The maximum absolute atomic E-state index is 13.5. The van der Waals surface area contributed by atoms with E-state index in [4.69, 9.17) is 4.42 Å². The zero-order valence-electron chi connectivity index (χ0n) is 12.1. The summed E-state index contributed by atoms with van der Waals surface area (Å²) in [5, 5.41) is 8.44. The Balaban J connectivity index is 1.59. The quantitative estimate of drug-likeness (QED) is 0.609. The van der Waals surface area contributed by atoms with Gasteiger partial charge in [0.2, 0.25) is 5.89 Å². The third kappa shape index (κ3) is 3.55. The molecule has 0 atom stereocenters. The number of carbonyl (C=O) groups excluding carboxylic acids is 1. The third-order valence-electron chi connectivity index (χ3n) is 3.88. The highest BCUT2D eigenvalue weighted by atomic mass is 32.2. The van der Waals surface area contributed by atoms with E-state index < -0.39 is 5.82 Å². The molecule has 22 heavy (non-hydrogen) atoms. The number of hydrogen-bond donors (Lipinski definition) is 0. The van der Waals surface area contributed by atoms with Gasteiger partial charge in [-0.15, -0.1) is 10.2 Å². The van der Waals surface area contributed by atoms with E-state index in [1.54, 1.807) is 12.1 Å². The molecule has 1 aromatic carbocycles. The second kappa shape index (κ2) is 7.05. The number of rotatable bonds is 5. The Labute approximate surface area is 132 Å². The number of hydrogen-bond acceptors (Lipinski definition) is 5. The van der Waals surface area contributed by atoms with Gasteiger partial charge in [0, 0.05) is 5.92 Å². The summed E-state index contributed by atoms with van der Waals surface area (Å²) in [6.07, 6.45) is 5.83. The van der Waals surface area contributed by atoms with Crippen LogP contribution in [0.1, 0.15) is 54.3 Å². The lowest BCUT2D eigenvalue weighted by molar-refractivity contribution is 0.101. The van der Waals surface area contributed by atoms with E-state index in [2.05, 4.69) is 10.2 Å². The molecule has 1 aliphatic rings. The Hall–Kier alpha value is -1.69. The van der Waals surface area contributed by atoms with Crippen molar-refractivity contribution in [1.82, 2.24) is 10.2 Å². The molecule has 0 N–H and O–H groups in total. The summed E-state index contributed by atoms with van der Waals surface area (Å²) in [5.41, 5.74) is 0.0991. The van der Waals surface area contributed by atoms with Crippen molar-refractivity contribution in [2.45, 2.75) is 43.2 Å². The molecule has 0 aliphatic heterocycles. The molecule has 1 aromatic heterocycles. The Morgan fingerprint density at radius 1 is 1.23 bits per heavy atom. The zero-order chi connectivity index (χ0) is 15.4. The lowest BCUT2D eigenvalue weighted by Gasteiger charge is -2.17. The molecular weight excluding hydrogens is 303 g/mol. The SMILES string of the molecule is O=C(CSc1nnc(C2CCCCC2)o1)c1ccccc1F. The smallest absolute Gasteiger partial charge is 0.277 e. The van der Waals surface area contributed by atoms with Crippen LogP contribution in [0.25, 0.3) is 0 Å². The van der Waals surface area contributed by atoms with Crippen molar-refractivity contribution in [3.8, 4) is 0 Å². The fraction of sp³-hybridized carbons (Fsp3) is 0.438. The molecule has 0 spiro atoms. The van der Waals surface area contributed by atoms with Crippen molar-refractivity contribution in [3.05, 3.63) is 41.5 Å². The molecule has 1 aliphatic carbocycles. The fourth-order valence-electron chi connectivity index (χ4n) is 2.69. The molecule has 0 saturated heterocycles. The van der Waals surface area contributed by atoms with E-state index in [0.29, 0.717) is 17.0 Å². The molecule has 4 nitrogen and oxygen atoms in total. The number of halogens is 1. The Bertz CT molecular complexity index is 653. The molecule has 3 rings (SSSR count). The molecule has 1 saturated carbocycles. The summed E-state index contributed by atoms with van der Waals surface area (Å²) in [5.74, 6) is 0.327. The van der Waals surface area contributed by atoms with Gasteiger partial charge in [-0.05, 0) is 25.0 Å². The summed E-state index contributed by atoms with van der Waals surface area (Å²) in [6.45, 7) is 0. The van der Waals surface area contributed by atoms with E-state index in [-0.39, 0.29) is 17.1 Å². The summed E-state index contributed by atoms with van der Waals surface area (Å²) < 4.78 is 19.2. The highest BCUT2D eigenvalue weighted by Crippen LogP contribution is 2.33. The second-order valence-corrected chi connectivity index (χ2v) is 6.36. The largest absolute Gasteiger partial charge is 0.416 e. The highest BCUT2D eigenvalue weighted by molar-refractivity contribution is 7.99. The maximum Gasteiger partial charge on any atom is 0.277 e. The predicted molar refractivity (Wildman–Crippen MR) is 81.6 cm³/mol. The van der Waals surface area contributed by atoms with Gasteiger partial charge in [-0.1, -0.05) is 43.2 Å². The summed E-state index contributed by atoms with van der Waals surface area (Å²) in [6, 6.07) is 5.98. The first-order valence-electron chi connectivity index (χ1n) is 7.48. The maximum atomic E-state index is 13.5. The van der Waals surface area contributed by atoms with E-state index in [1.165, 1.54) is 31.4 Å². The summed E-state index contributed by atoms with van der Waals surface area (Å²) in [4.78, 5) is 12.0. The normalized spacial score (nSPS) is 15.9. The van der Waals surface area contributed by atoms with Crippen LogP contribution in [0.15, 0.2) is 33.9 Å². The monoisotopic (exact) mass is 320 g/mol. The van der Waals surface area contributed by atoms with Crippen molar-refractivity contribution in [1.29, 1.82) is 0 Å². The zero-order valence-corrected chi connectivity index (χ0v) is 12.9. The molecule has 0 amide bonds. The highest BCUT2D eigenvalue weighted by Gasteiger charge is 2.22. The third-order valence-corrected chi connectivity index (χ3v) is 4.70. The average molecular weight is 320 g/mol. The molecule has 116 valence electrons. The minimum atomic E-state index is -0.499. The number of carbonyl (C=O) groups is 1. The van der Waals surface area contributed by atoms with Crippen molar-refractivity contribution in [2.24, 2.45) is 0 Å². The number of thioether (sulfide) groups is 1. The minimum absolute atomic E-state index is 0.0905. The molecule has 0 unspecified atom stereocenters. The van der Waals surface area contributed by atoms with Crippen LogP contribution in [-0.4, -0.2) is 21.7 Å². The summed E-state index contributed by atoms with van der Waals surface area (Å²) >= 11 is 1.16. The first-order valence-corrected chi connectivity index (χ1v) is 8.46. The van der Waals surface area contributed by atoms with Crippen LogP contribution in [0.4, 0.5) is 4.39 Å². The van der Waals surface area contributed by atoms with Crippen molar-refractivity contribution >= 4 is 17.5 Å². The molecule has 0 bridgehead atoms. The molecule has 2 aromatic rings. The van der Waals surface area contributed by atoms with Crippen LogP contribution in [0.2, 0.25) is 0 Å². The molecule has 6 heteroatoms. The lowest BCUT2D eigenvalue weighted by atomic mass is 9.89. The first kappa shape index (κ1) is 15.2. The Morgan fingerprint density at radius 3 is 2.77 bits per heavy atom. The van der Waals surface area contributed by atoms with Crippen molar-refractivity contribution in [2.75, 3.05) is 5.75 Å². The van der Waals surface area contributed by atoms with Gasteiger partial charge in [-0.25, -0.2) is 4.39 Å². The van der Waals surface area contributed by atoms with Crippen LogP contribution < -0.4 is 0 Å². The molecule has 1 fully saturated rings. The van der Waals surface area contributed by atoms with E-state index >= 15 is 0 Å². The van der Waals surface area contributed by atoms with Crippen LogP contribution in [0, 0.1) is 5.82 Å². The second-order valence-electron chi connectivity index (χ2n) is 5.43. The van der Waals surface area contributed by atoms with Crippen LogP contribution in [0.3, 0.4) is 0 Å². The van der Waals surface area contributed by atoms with Gasteiger partial charge in [0.25, 0.3) is 5.22 Å². The van der Waals surface area contributed by atoms with Crippen LogP contribution in [0.5, 0.6) is 0 Å². The number of nitrogens with zero attached hydrogens (tertiary/aromatic N) is 2. The Kier molecular flexibility index (Phi) is 4.87. The molecular formula is C16H17FN2O2S. The van der Waals surface area contributed by atoms with E-state index in [9.17, 15) is 9.18 Å². The van der Waals surface area contributed by atoms with E-state index in [0.717, 1.165) is 24.6 Å². The number of benzene rings is 1. The van der Waals surface area contributed by atoms with Gasteiger partial charge in [-0.2, -0.15) is 0 Å². The predicted octanol–water partition coefficient (Wildman–Crippen LogP) is 4.23. The van der Waals surface area contributed by atoms with Gasteiger partial charge in [0.05, 0.1) is 11.3 Å². The lowest BCUT2D eigenvalue weighted by Crippen LogP contribution is -2.05. The standard InChI is InChI=1S/C16H17FN2O2S/c17-13-9-5-4-8-12(13)14(20)10-22-16-19-18-15(21-16)11-6-2-1-3-7-11/h4-5,8-9,11H,1-3,6-7,10H2. The van der Waals surface area contributed by atoms with Crippen LogP contribution in [-0.2, 0) is 0 Å². The number of ketones is 1. The number of Topliss-reactive ketones (excluding diaryl/α,β-unsaturated/α-hetero) is 1. The van der Waals surface area contributed by atoms with Gasteiger partial charge in [0.15, 0.2) is 5.78 Å². The minimum Gasteiger partial charge on any atom is -0.416 e. The van der Waals surface area contributed by atoms with E-state index in [1.807, 2.05) is 0 Å². The fourth-order valence-corrected chi connectivity index (χ4v) is 3.34. The van der Waals surface area contributed by atoms with Gasteiger partial charge < -0.3 is 4.42 Å².